The van der Waals surface area contributed by atoms with E-state index in [0.29, 0.717) is 11.2 Å². The van der Waals surface area contributed by atoms with Crippen LogP contribution in [0.3, 0.4) is 0 Å². The number of fused-ring (bicyclic) bond motifs is 1. The second kappa shape index (κ2) is 4.46. The second-order valence-electron chi connectivity index (χ2n) is 4.08. The van der Waals surface area contributed by atoms with E-state index in [4.69, 9.17) is 0 Å². The molecule has 0 aliphatic heterocycles. The third kappa shape index (κ3) is 1.76. The second-order valence-corrected chi connectivity index (χ2v) is 4.86. The van der Waals surface area contributed by atoms with Gasteiger partial charge in [-0.25, -0.2) is 4.79 Å². The highest BCUT2D eigenvalue weighted by molar-refractivity contribution is 7.08. The number of aromatic nitrogens is 2. The third-order valence-electron chi connectivity index (χ3n) is 2.90. The van der Waals surface area contributed by atoms with Gasteiger partial charge in [-0.15, -0.1) is 0 Å². The van der Waals surface area contributed by atoms with E-state index in [1.807, 2.05) is 0 Å². The summed E-state index contributed by atoms with van der Waals surface area (Å²) in [7, 11) is 0. The molecular formula is C13H8N2O4S. The zero-order valence-electron chi connectivity index (χ0n) is 9.99. The van der Waals surface area contributed by atoms with Gasteiger partial charge in [0.05, 0.1) is 22.3 Å². The van der Waals surface area contributed by atoms with E-state index in [9.17, 15) is 19.5 Å². The summed E-state index contributed by atoms with van der Waals surface area (Å²) in [6.07, 6.45) is 0. The monoisotopic (exact) mass is 288 g/mol. The van der Waals surface area contributed by atoms with Crippen molar-refractivity contribution in [3.05, 3.63) is 61.3 Å². The molecule has 0 spiro atoms. The minimum absolute atomic E-state index is 0.0398. The number of hydrogen-bond acceptors (Lipinski definition) is 4. The number of aromatic carboxylic acids is 1. The summed E-state index contributed by atoms with van der Waals surface area (Å²) in [6, 6.07) is 6.13. The molecule has 0 atom stereocenters. The van der Waals surface area contributed by atoms with Crippen molar-refractivity contribution in [2.45, 2.75) is 0 Å². The number of H-pyrrole nitrogens is 1. The number of para-hydroxylation sites is 1. The molecule has 7 heteroatoms. The molecule has 0 saturated heterocycles. The Morgan fingerprint density at radius 3 is 2.70 bits per heavy atom. The van der Waals surface area contributed by atoms with Gasteiger partial charge in [0.2, 0.25) is 0 Å². The molecule has 2 N–H and O–H groups in total. The number of carbonyl (C=O) groups is 1. The summed E-state index contributed by atoms with van der Waals surface area (Å²) in [5.41, 5.74) is -0.661. The Labute approximate surface area is 115 Å². The van der Waals surface area contributed by atoms with Gasteiger partial charge in [-0.2, -0.15) is 11.3 Å². The van der Waals surface area contributed by atoms with Gasteiger partial charge in [0.25, 0.3) is 0 Å². The van der Waals surface area contributed by atoms with Crippen LogP contribution in [0.4, 0.5) is 0 Å². The van der Waals surface area contributed by atoms with Crippen LogP contribution in [-0.4, -0.2) is 20.6 Å². The zero-order valence-corrected chi connectivity index (χ0v) is 10.8. The number of carboxylic acid groups (broad SMARTS) is 1. The minimum Gasteiger partial charge on any atom is -0.478 e. The molecule has 1 aromatic carbocycles. The normalized spacial score (nSPS) is 10.8. The first-order valence-electron chi connectivity index (χ1n) is 5.63. The summed E-state index contributed by atoms with van der Waals surface area (Å²) in [5, 5.41) is 12.7. The Kier molecular flexibility index (Phi) is 2.76. The van der Waals surface area contributed by atoms with Crippen molar-refractivity contribution in [3.8, 4) is 5.69 Å². The maximum atomic E-state index is 12.1. The van der Waals surface area contributed by atoms with Gasteiger partial charge in [-0.1, -0.05) is 6.07 Å². The van der Waals surface area contributed by atoms with E-state index >= 15 is 0 Å². The topological polar surface area (TPSA) is 92.2 Å². The van der Waals surface area contributed by atoms with E-state index in [1.54, 1.807) is 22.9 Å². The van der Waals surface area contributed by atoms with E-state index < -0.39 is 17.1 Å². The van der Waals surface area contributed by atoms with E-state index in [0.717, 1.165) is 4.57 Å². The fourth-order valence-electron chi connectivity index (χ4n) is 2.07. The summed E-state index contributed by atoms with van der Waals surface area (Å²) in [6.45, 7) is 0. The van der Waals surface area contributed by atoms with Crippen LogP contribution in [0.1, 0.15) is 10.4 Å². The van der Waals surface area contributed by atoms with Crippen molar-refractivity contribution in [1.82, 2.24) is 9.55 Å². The Morgan fingerprint density at radius 1 is 1.25 bits per heavy atom. The number of rotatable bonds is 2. The summed E-state index contributed by atoms with van der Waals surface area (Å²) in [5.74, 6) is -1.16. The van der Waals surface area contributed by atoms with Crippen LogP contribution < -0.4 is 11.1 Å². The van der Waals surface area contributed by atoms with Crippen LogP contribution in [0.5, 0.6) is 0 Å². The van der Waals surface area contributed by atoms with E-state index in [1.165, 1.54) is 23.5 Å². The maximum Gasteiger partial charge on any atom is 0.337 e. The SMILES string of the molecule is O=C(O)c1cccc2[nH]c(=O)c(=O)n(-c3ccsc3)c12. The van der Waals surface area contributed by atoms with Gasteiger partial charge in [-0.3, -0.25) is 14.2 Å². The van der Waals surface area contributed by atoms with Crippen molar-refractivity contribution in [3.63, 3.8) is 0 Å². The number of aromatic amines is 1. The first-order chi connectivity index (χ1) is 9.59. The standard InChI is InChI=1S/C13H8N2O4S/c16-11-12(17)15(7-4-5-20-6-7)10-8(13(18)19)2-1-3-9(10)14-11/h1-6H,(H,14,16)(H,18,19). The Balaban J connectivity index is 2.60. The van der Waals surface area contributed by atoms with Gasteiger partial charge in [-0.05, 0) is 23.6 Å². The Morgan fingerprint density at radius 2 is 2.05 bits per heavy atom. The molecule has 6 nitrogen and oxygen atoms in total. The van der Waals surface area contributed by atoms with Gasteiger partial charge in [0.1, 0.15) is 0 Å². The van der Waals surface area contributed by atoms with Crippen molar-refractivity contribution in [1.29, 1.82) is 0 Å². The van der Waals surface area contributed by atoms with Crippen LogP contribution in [-0.2, 0) is 0 Å². The molecule has 0 saturated carbocycles. The maximum absolute atomic E-state index is 12.1. The molecule has 0 amide bonds. The quantitative estimate of drug-likeness (QED) is 0.698. The molecule has 3 rings (SSSR count). The lowest BCUT2D eigenvalue weighted by atomic mass is 10.1. The number of hydrogen-bond donors (Lipinski definition) is 2. The van der Waals surface area contributed by atoms with Gasteiger partial charge >= 0.3 is 17.1 Å². The average molecular weight is 288 g/mol. The molecule has 0 aliphatic rings. The Bertz CT molecular complexity index is 922. The molecule has 2 heterocycles. The summed E-state index contributed by atoms with van der Waals surface area (Å²) in [4.78, 5) is 37.5. The number of nitrogens with one attached hydrogen (secondary N) is 1. The highest BCUT2D eigenvalue weighted by Crippen LogP contribution is 2.19. The zero-order chi connectivity index (χ0) is 14.3. The molecule has 0 unspecified atom stereocenters. The van der Waals surface area contributed by atoms with Crippen molar-refractivity contribution in [2.24, 2.45) is 0 Å². The van der Waals surface area contributed by atoms with Gasteiger partial charge in [0.15, 0.2) is 0 Å². The van der Waals surface area contributed by atoms with Gasteiger partial charge in [0, 0.05) is 5.38 Å². The van der Waals surface area contributed by atoms with Crippen LogP contribution in [0.25, 0.3) is 16.7 Å². The predicted octanol–water partition coefficient (Wildman–Crippen LogP) is 1.44. The van der Waals surface area contributed by atoms with Crippen LogP contribution >= 0.6 is 11.3 Å². The van der Waals surface area contributed by atoms with Crippen molar-refractivity contribution >= 4 is 28.3 Å². The average Bonchev–Trinajstić information content (AvgIpc) is 2.93. The van der Waals surface area contributed by atoms with Crippen LogP contribution in [0.15, 0.2) is 44.6 Å². The molecule has 0 bridgehead atoms. The minimum atomic E-state index is -1.16. The highest BCUT2D eigenvalue weighted by Gasteiger charge is 2.16. The molecule has 0 aliphatic carbocycles. The molecule has 3 aromatic rings. The van der Waals surface area contributed by atoms with Crippen LogP contribution in [0.2, 0.25) is 0 Å². The van der Waals surface area contributed by atoms with E-state index in [-0.39, 0.29) is 11.1 Å². The number of benzene rings is 1. The third-order valence-corrected chi connectivity index (χ3v) is 3.57. The molecular weight excluding hydrogens is 280 g/mol. The van der Waals surface area contributed by atoms with E-state index in [2.05, 4.69) is 4.98 Å². The first kappa shape index (κ1) is 12.4. The fraction of sp³-hybridized carbons (Fsp3) is 0. The number of thiophene rings is 1. The molecule has 2 aromatic heterocycles. The number of nitrogens with zero attached hydrogens (tertiary/aromatic N) is 1. The van der Waals surface area contributed by atoms with Crippen molar-refractivity contribution in [2.75, 3.05) is 0 Å². The lowest BCUT2D eigenvalue weighted by molar-refractivity contribution is 0.0698. The van der Waals surface area contributed by atoms with Crippen molar-refractivity contribution < 1.29 is 9.90 Å². The molecule has 0 radical (unpaired) electrons. The van der Waals surface area contributed by atoms with Gasteiger partial charge < -0.3 is 10.1 Å². The van der Waals surface area contributed by atoms with Crippen LogP contribution in [0, 0.1) is 0 Å². The molecule has 100 valence electrons. The fourth-order valence-corrected chi connectivity index (χ4v) is 2.69. The highest BCUT2D eigenvalue weighted by atomic mass is 32.1. The largest absolute Gasteiger partial charge is 0.478 e. The summed E-state index contributed by atoms with van der Waals surface area (Å²) >= 11 is 1.35. The molecule has 20 heavy (non-hydrogen) atoms. The smallest absolute Gasteiger partial charge is 0.337 e. The lowest BCUT2D eigenvalue weighted by Crippen LogP contribution is -2.35. The lowest BCUT2D eigenvalue weighted by Gasteiger charge is -2.10. The Hall–Kier alpha value is -2.67. The summed E-state index contributed by atoms with van der Waals surface area (Å²) < 4.78 is 1.13. The number of carboxylic acids is 1. The first-order valence-corrected chi connectivity index (χ1v) is 6.58. The predicted molar refractivity (Wildman–Crippen MR) is 75.0 cm³/mol. The molecule has 0 fully saturated rings.